The first kappa shape index (κ1) is 12.4. The number of rotatable bonds is 3. The quantitative estimate of drug-likeness (QED) is 0.741. The van der Waals surface area contributed by atoms with Crippen LogP contribution in [0.25, 0.3) is 0 Å². The Morgan fingerprint density at radius 3 is 2.75 bits per heavy atom. The first-order valence-electron chi connectivity index (χ1n) is 7.28. The molecular formula is C14H28N2. The Bertz CT molecular complexity index is 205. The fraction of sp³-hybridized carbons (Fsp3) is 1.00. The molecule has 0 aromatic rings. The SMILES string of the molecule is CCNC1CCN(C2CCCCCC2C)C1. The third-order valence-corrected chi connectivity index (χ3v) is 4.50. The smallest absolute Gasteiger partial charge is 0.0207 e. The maximum atomic E-state index is 3.60. The molecule has 0 amide bonds. The molecule has 0 aromatic heterocycles. The van der Waals surface area contributed by atoms with Crippen molar-refractivity contribution in [1.82, 2.24) is 10.2 Å². The second-order valence-electron chi connectivity index (χ2n) is 5.72. The summed E-state index contributed by atoms with van der Waals surface area (Å²) in [5.41, 5.74) is 0. The minimum atomic E-state index is 0.764. The molecule has 0 aromatic carbocycles. The molecule has 1 N–H and O–H groups in total. The lowest BCUT2D eigenvalue weighted by molar-refractivity contribution is 0.169. The zero-order chi connectivity index (χ0) is 11.4. The van der Waals surface area contributed by atoms with E-state index in [1.54, 1.807) is 0 Å². The molecule has 0 bridgehead atoms. The van der Waals surface area contributed by atoms with Gasteiger partial charge in [-0.2, -0.15) is 0 Å². The number of hydrogen-bond donors (Lipinski definition) is 1. The van der Waals surface area contributed by atoms with Crippen LogP contribution in [0.2, 0.25) is 0 Å². The van der Waals surface area contributed by atoms with Crippen LogP contribution in [-0.2, 0) is 0 Å². The van der Waals surface area contributed by atoms with E-state index in [1.807, 2.05) is 0 Å². The van der Waals surface area contributed by atoms with E-state index in [2.05, 4.69) is 24.1 Å². The van der Waals surface area contributed by atoms with Crippen LogP contribution in [-0.4, -0.2) is 36.6 Å². The lowest BCUT2D eigenvalue weighted by Gasteiger charge is -2.31. The van der Waals surface area contributed by atoms with Gasteiger partial charge in [0.05, 0.1) is 0 Å². The Morgan fingerprint density at radius 2 is 1.94 bits per heavy atom. The van der Waals surface area contributed by atoms with E-state index in [9.17, 15) is 0 Å². The van der Waals surface area contributed by atoms with Crippen LogP contribution in [0.4, 0.5) is 0 Å². The van der Waals surface area contributed by atoms with Crippen molar-refractivity contribution >= 4 is 0 Å². The third kappa shape index (κ3) is 2.98. The normalized spacial score (nSPS) is 37.5. The number of nitrogens with one attached hydrogen (secondary N) is 1. The van der Waals surface area contributed by atoms with Gasteiger partial charge in [-0.05, 0) is 31.7 Å². The molecule has 2 aliphatic rings. The van der Waals surface area contributed by atoms with Crippen LogP contribution in [0, 0.1) is 5.92 Å². The van der Waals surface area contributed by atoms with Gasteiger partial charge in [-0.15, -0.1) is 0 Å². The highest BCUT2D eigenvalue weighted by Gasteiger charge is 2.31. The first-order chi connectivity index (χ1) is 7.81. The van der Waals surface area contributed by atoms with Crippen LogP contribution in [0.3, 0.4) is 0 Å². The second-order valence-corrected chi connectivity index (χ2v) is 5.72. The van der Waals surface area contributed by atoms with Crippen molar-refractivity contribution in [3.8, 4) is 0 Å². The number of nitrogens with zero attached hydrogens (tertiary/aromatic N) is 1. The van der Waals surface area contributed by atoms with Crippen LogP contribution in [0.15, 0.2) is 0 Å². The van der Waals surface area contributed by atoms with Gasteiger partial charge in [0.2, 0.25) is 0 Å². The van der Waals surface area contributed by atoms with E-state index in [-0.39, 0.29) is 0 Å². The Hall–Kier alpha value is -0.0800. The van der Waals surface area contributed by atoms with Crippen LogP contribution >= 0.6 is 0 Å². The predicted molar refractivity (Wildman–Crippen MR) is 69.7 cm³/mol. The largest absolute Gasteiger partial charge is 0.313 e. The van der Waals surface area contributed by atoms with Crippen molar-refractivity contribution in [1.29, 1.82) is 0 Å². The fourth-order valence-corrected chi connectivity index (χ4v) is 3.56. The standard InChI is InChI=1S/C14H28N2/c1-3-15-13-9-10-16(11-13)14-8-6-4-5-7-12(14)2/h12-15H,3-11H2,1-2H3. The van der Waals surface area contributed by atoms with Crippen LogP contribution in [0.5, 0.6) is 0 Å². The van der Waals surface area contributed by atoms with Gasteiger partial charge < -0.3 is 5.32 Å². The van der Waals surface area contributed by atoms with E-state index in [0.29, 0.717) is 0 Å². The van der Waals surface area contributed by atoms with Crippen molar-refractivity contribution < 1.29 is 0 Å². The fourth-order valence-electron chi connectivity index (χ4n) is 3.56. The summed E-state index contributed by atoms with van der Waals surface area (Å²) in [6.07, 6.45) is 8.63. The number of likely N-dealkylation sites (tertiary alicyclic amines) is 1. The molecule has 1 aliphatic carbocycles. The van der Waals surface area contributed by atoms with Crippen molar-refractivity contribution in [3.05, 3.63) is 0 Å². The molecule has 16 heavy (non-hydrogen) atoms. The summed E-state index contributed by atoms with van der Waals surface area (Å²) in [4.78, 5) is 2.77. The van der Waals surface area contributed by atoms with E-state index < -0.39 is 0 Å². The van der Waals surface area contributed by atoms with E-state index in [0.717, 1.165) is 24.5 Å². The first-order valence-corrected chi connectivity index (χ1v) is 7.28. The third-order valence-electron chi connectivity index (χ3n) is 4.50. The summed E-state index contributed by atoms with van der Waals surface area (Å²) < 4.78 is 0. The van der Waals surface area contributed by atoms with Gasteiger partial charge in [-0.3, -0.25) is 4.90 Å². The maximum absolute atomic E-state index is 3.60. The van der Waals surface area contributed by atoms with Gasteiger partial charge in [-0.25, -0.2) is 0 Å². The summed E-state index contributed by atoms with van der Waals surface area (Å²) in [7, 11) is 0. The highest BCUT2D eigenvalue weighted by atomic mass is 15.2. The molecule has 94 valence electrons. The lowest BCUT2D eigenvalue weighted by Crippen LogP contribution is -2.40. The lowest BCUT2D eigenvalue weighted by atomic mass is 9.96. The molecule has 2 heteroatoms. The highest BCUT2D eigenvalue weighted by Crippen LogP contribution is 2.29. The highest BCUT2D eigenvalue weighted by molar-refractivity contribution is 4.88. The average Bonchev–Trinajstić information content (AvgIpc) is 2.61. The molecule has 1 saturated carbocycles. The molecule has 0 spiro atoms. The predicted octanol–water partition coefficient (Wildman–Crippen LogP) is 2.64. The molecular weight excluding hydrogens is 196 g/mol. The molecule has 1 heterocycles. The van der Waals surface area contributed by atoms with Gasteiger partial charge in [0.1, 0.15) is 0 Å². The Labute approximate surface area is 101 Å². The van der Waals surface area contributed by atoms with Crippen molar-refractivity contribution in [2.75, 3.05) is 19.6 Å². The van der Waals surface area contributed by atoms with Crippen molar-refractivity contribution in [2.24, 2.45) is 5.92 Å². The summed E-state index contributed by atoms with van der Waals surface area (Å²) in [6.45, 7) is 8.43. The molecule has 3 atom stereocenters. The minimum absolute atomic E-state index is 0.764. The molecule has 1 saturated heterocycles. The molecule has 3 unspecified atom stereocenters. The Kier molecular flexibility index (Phi) is 4.66. The monoisotopic (exact) mass is 224 g/mol. The van der Waals surface area contributed by atoms with E-state index >= 15 is 0 Å². The second kappa shape index (κ2) is 6.02. The van der Waals surface area contributed by atoms with E-state index in [4.69, 9.17) is 0 Å². The number of hydrogen-bond acceptors (Lipinski definition) is 2. The van der Waals surface area contributed by atoms with Gasteiger partial charge in [0.15, 0.2) is 0 Å². The zero-order valence-corrected chi connectivity index (χ0v) is 11.0. The Morgan fingerprint density at radius 1 is 1.12 bits per heavy atom. The summed E-state index contributed by atoms with van der Waals surface area (Å²) in [5, 5.41) is 3.60. The van der Waals surface area contributed by atoms with E-state index in [1.165, 1.54) is 51.6 Å². The van der Waals surface area contributed by atoms with Gasteiger partial charge in [-0.1, -0.05) is 33.1 Å². The Balaban J connectivity index is 1.86. The van der Waals surface area contributed by atoms with Gasteiger partial charge >= 0.3 is 0 Å². The molecule has 1 aliphatic heterocycles. The van der Waals surface area contributed by atoms with Crippen LogP contribution < -0.4 is 5.32 Å². The molecule has 2 fully saturated rings. The molecule has 2 nitrogen and oxygen atoms in total. The van der Waals surface area contributed by atoms with Crippen molar-refractivity contribution in [3.63, 3.8) is 0 Å². The summed E-state index contributed by atoms with van der Waals surface area (Å²) in [5.74, 6) is 0.919. The average molecular weight is 224 g/mol. The van der Waals surface area contributed by atoms with Crippen molar-refractivity contribution in [2.45, 2.75) is 64.5 Å². The maximum Gasteiger partial charge on any atom is 0.0207 e. The topological polar surface area (TPSA) is 15.3 Å². The summed E-state index contributed by atoms with van der Waals surface area (Å²) in [6, 6.07) is 1.65. The minimum Gasteiger partial charge on any atom is -0.313 e. The zero-order valence-electron chi connectivity index (χ0n) is 11.0. The van der Waals surface area contributed by atoms with Crippen LogP contribution in [0.1, 0.15) is 52.4 Å². The van der Waals surface area contributed by atoms with Gasteiger partial charge in [0.25, 0.3) is 0 Å². The van der Waals surface area contributed by atoms with Gasteiger partial charge in [0, 0.05) is 25.2 Å². The molecule has 2 rings (SSSR count). The summed E-state index contributed by atoms with van der Waals surface area (Å²) >= 11 is 0. The molecule has 0 radical (unpaired) electrons. The number of likely N-dealkylation sites (N-methyl/N-ethyl adjacent to an activating group) is 1.